The molecule has 0 bridgehead atoms. The largest absolute Gasteiger partial charge is 0.501 e. The quantitative estimate of drug-likeness (QED) is 0.202. The summed E-state index contributed by atoms with van der Waals surface area (Å²) in [7, 11) is -4.06. The minimum absolute atomic E-state index is 0.177. The maximum atomic E-state index is 14.0. The van der Waals surface area contributed by atoms with Crippen molar-refractivity contribution < 1.29 is 26.3 Å². The Morgan fingerprint density at radius 3 is 2.15 bits per heavy atom. The van der Waals surface area contributed by atoms with Crippen LogP contribution in [0.1, 0.15) is 23.1 Å². The summed E-state index contributed by atoms with van der Waals surface area (Å²) in [5, 5.41) is 6.45. The summed E-state index contributed by atoms with van der Waals surface area (Å²) in [4.78, 5) is -0.581. The Kier molecular flexibility index (Phi) is 4.70. The van der Waals surface area contributed by atoms with E-state index in [0.29, 0.717) is 11.3 Å². The average Bonchev–Trinajstić information content (AvgIpc) is 3.26. The van der Waals surface area contributed by atoms with Gasteiger partial charge in [0.05, 0.1) is 17.4 Å². The van der Waals surface area contributed by atoms with E-state index in [1.807, 2.05) is 36.4 Å². The summed E-state index contributed by atoms with van der Waals surface area (Å²) >= 11 is 0. The lowest BCUT2D eigenvalue weighted by Gasteiger charge is -2.45. The molecule has 1 spiro atoms. The van der Waals surface area contributed by atoms with Crippen molar-refractivity contribution in [1.29, 1.82) is 0 Å². The molecule has 6 aromatic carbocycles. The number of hydrogen-bond donors (Lipinski definition) is 0. The van der Waals surface area contributed by atoms with Crippen LogP contribution in [0.25, 0.3) is 49.0 Å². The molecule has 0 aliphatic heterocycles. The first kappa shape index (κ1) is 24.4. The van der Waals surface area contributed by atoms with Crippen LogP contribution >= 0.6 is 0 Å². The highest BCUT2D eigenvalue weighted by atomic mass is 32.2. The van der Waals surface area contributed by atoms with E-state index in [9.17, 15) is 21.6 Å². The molecule has 0 saturated heterocycles. The molecule has 2 aliphatic rings. The highest BCUT2D eigenvalue weighted by Gasteiger charge is 2.61. The first-order valence-electron chi connectivity index (χ1n) is 13.2. The van der Waals surface area contributed by atoms with E-state index in [-0.39, 0.29) is 12.0 Å². The molecule has 6 aromatic rings. The zero-order valence-corrected chi connectivity index (χ0v) is 22.5. The molecule has 0 heterocycles. The summed E-state index contributed by atoms with van der Waals surface area (Å²) < 4.78 is 73.3. The van der Waals surface area contributed by atoms with Crippen molar-refractivity contribution in [3.05, 3.63) is 119 Å². The lowest BCUT2D eigenvalue weighted by Crippen LogP contribution is -2.42. The summed E-state index contributed by atoms with van der Waals surface area (Å²) in [5.41, 5.74) is -2.36. The Hall–Kier alpha value is -4.36. The maximum absolute atomic E-state index is 14.0. The van der Waals surface area contributed by atoms with Gasteiger partial charge in [-0.3, -0.25) is 0 Å². The van der Waals surface area contributed by atoms with Crippen LogP contribution in [0, 0.1) is 0 Å². The minimum atomic E-state index is -5.56. The van der Waals surface area contributed by atoms with E-state index in [1.165, 1.54) is 7.11 Å². The van der Waals surface area contributed by atoms with Gasteiger partial charge in [0, 0.05) is 6.42 Å². The molecule has 0 aromatic heterocycles. The summed E-state index contributed by atoms with van der Waals surface area (Å²) in [6.07, 6.45) is -0.270. The van der Waals surface area contributed by atoms with Crippen LogP contribution < -0.4 is 4.74 Å². The molecule has 3 nitrogen and oxygen atoms in total. The van der Waals surface area contributed by atoms with Gasteiger partial charge in [-0.15, -0.1) is 0 Å². The Morgan fingerprint density at radius 1 is 0.756 bits per heavy atom. The lowest BCUT2D eigenvalue weighted by molar-refractivity contribution is -0.0428. The molecule has 1 atom stereocenters. The molecule has 0 saturated carbocycles. The Labute approximate surface area is 233 Å². The van der Waals surface area contributed by atoms with Crippen LogP contribution in [0.2, 0.25) is 0 Å². The standard InChI is InChI=1S/C34H21F3O3S/c1-40-23-14-11-21(12-15-23)32-28(41(38,39)34(35,36)37)18-33(32)26-8-3-2-7-24(26)31-25-16-13-20-6-4-5-19-9-10-22(17-27(31)33)30(25)29(19)20/h2-17H,18H2,1H3. The third kappa shape index (κ3) is 2.96. The topological polar surface area (TPSA) is 43.4 Å². The van der Waals surface area contributed by atoms with E-state index < -0.39 is 25.7 Å². The zero-order valence-electron chi connectivity index (χ0n) is 21.7. The second-order valence-electron chi connectivity index (χ2n) is 10.8. The number of methoxy groups -OCH3 is 1. The van der Waals surface area contributed by atoms with Gasteiger partial charge in [0.15, 0.2) is 0 Å². The van der Waals surface area contributed by atoms with Gasteiger partial charge in [-0.05, 0) is 83.9 Å². The molecular formula is C34H21F3O3S. The van der Waals surface area contributed by atoms with Gasteiger partial charge in [0.25, 0.3) is 9.84 Å². The van der Waals surface area contributed by atoms with Gasteiger partial charge >= 0.3 is 5.51 Å². The predicted octanol–water partition coefficient (Wildman–Crippen LogP) is 8.61. The molecule has 0 N–H and O–H groups in total. The number of hydrogen-bond acceptors (Lipinski definition) is 3. The van der Waals surface area contributed by atoms with E-state index >= 15 is 0 Å². The van der Waals surface area contributed by atoms with Gasteiger partial charge in [0.2, 0.25) is 0 Å². The second kappa shape index (κ2) is 7.89. The van der Waals surface area contributed by atoms with E-state index in [2.05, 4.69) is 36.4 Å². The average molecular weight is 567 g/mol. The van der Waals surface area contributed by atoms with Crippen LogP contribution in [0.15, 0.2) is 102 Å². The second-order valence-corrected chi connectivity index (χ2v) is 12.7. The Balaban J connectivity index is 1.52. The fourth-order valence-corrected chi connectivity index (χ4v) is 8.45. The Morgan fingerprint density at radius 2 is 1.44 bits per heavy atom. The molecule has 202 valence electrons. The van der Waals surface area contributed by atoms with E-state index in [1.54, 1.807) is 24.3 Å². The van der Waals surface area contributed by atoms with Gasteiger partial charge in [-0.2, -0.15) is 13.2 Å². The van der Waals surface area contributed by atoms with E-state index in [4.69, 9.17) is 4.74 Å². The monoisotopic (exact) mass is 566 g/mol. The van der Waals surface area contributed by atoms with Crippen molar-refractivity contribution in [1.82, 2.24) is 0 Å². The van der Waals surface area contributed by atoms with Crippen LogP contribution in [0.4, 0.5) is 13.2 Å². The fraction of sp³-hybridized carbons (Fsp3) is 0.118. The van der Waals surface area contributed by atoms with Crippen molar-refractivity contribution in [3.8, 4) is 16.9 Å². The van der Waals surface area contributed by atoms with Gasteiger partial charge in [-0.25, -0.2) is 8.42 Å². The van der Waals surface area contributed by atoms with Crippen molar-refractivity contribution >= 4 is 47.7 Å². The van der Waals surface area contributed by atoms with Gasteiger partial charge in [-0.1, -0.05) is 78.9 Å². The number of rotatable bonds is 3. The number of halogens is 3. The molecular weight excluding hydrogens is 545 g/mol. The van der Waals surface area contributed by atoms with Crippen LogP contribution in [-0.4, -0.2) is 21.0 Å². The number of sulfone groups is 1. The number of benzene rings is 6. The third-order valence-corrected chi connectivity index (χ3v) is 10.5. The van der Waals surface area contributed by atoms with Gasteiger partial charge in [0.1, 0.15) is 5.75 Å². The van der Waals surface area contributed by atoms with Crippen molar-refractivity contribution in [2.24, 2.45) is 0 Å². The first-order chi connectivity index (χ1) is 19.7. The van der Waals surface area contributed by atoms with Crippen molar-refractivity contribution in [2.45, 2.75) is 17.3 Å². The smallest absolute Gasteiger partial charge is 0.497 e. The molecule has 0 radical (unpaired) electrons. The highest BCUT2D eigenvalue weighted by molar-refractivity contribution is 7.96. The molecule has 8 rings (SSSR count). The number of fused-ring (bicyclic) bond motifs is 6. The molecule has 2 aliphatic carbocycles. The maximum Gasteiger partial charge on any atom is 0.501 e. The summed E-state index contributed by atoms with van der Waals surface area (Å²) in [5.74, 6) is 0.526. The lowest BCUT2D eigenvalue weighted by atomic mass is 9.60. The SMILES string of the molecule is COc1ccc(C2=C(S(=O)(=O)C(F)(F)F)CC23c2ccccc2-c2c3cc3ccc4cccc5ccc2c3c45)cc1. The van der Waals surface area contributed by atoms with Gasteiger partial charge < -0.3 is 4.74 Å². The van der Waals surface area contributed by atoms with Crippen molar-refractivity contribution in [2.75, 3.05) is 7.11 Å². The third-order valence-electron chi connectivity index (χ3n) is 8.90. The number of alkyl halides is 3. The molecule has 0 fully saturated rings. The van der Waals surface area contributed by atoms with E-state index in [0.717, 1.165) is 54.6 Å². The number of allylic oxidation sites excluding steroid dienone is 2. The number of ether oxygens (including phenoxy) is 1. The molecule has 1 unspecified atom stereocenters. The summed E-state index contributed by atoms with van der Waals surface area (Å²) in [6, 6.07) is 30.8. The first-order valence-corrected chi connectivity index (χ1v) is 14.7. The van der Waals surface area contributed by atoms with Crippen LogP contribution in [-0.2, 0) is 15.3 Å². The van der Waals surface area contributed by atoms with Crippen molar-refractivity contribution in [3.63, 3.8) is 0 Å². The normalized spacial score (nSPS) is 18.3. The molecule has 0 amide bonds. The minimum Gasteiger partial charge on any atom is -0.497 e. The molecule has 41 heavy (non-hydrogen) atoms. The van der Waals surface area contributed by atoms with Crippen LogP contribution in [0.3, 0.4) is 0 Å². The molecule has 7 heteroatoms. The Bertz CT molecular complexity index is 2200. The summed E-state index contributed by atoms with van der Waals surface area (Å²) in [6.45, 7) is 0. The fourth-order valence-electron chi connectivity index (χ4n) is 7.20. The predicted molar refractivity (Wildman–Crippen MR) is 156 cm³/mol. The van der Waals surface area contributed by atoms with Crippen LogP contribution in [0.5, 0.6) is 5.75 Å². The highest BCUT2D eigenvalue weighted by Crippen LogP contribution is 2.67. The zero-order chi connectivity index (χ0) is 28.3.